The Kier molecular flexibility index (Phi) is 6.13. The topological polar surface area (TPSA) is 111 Å². The number of anilines is 1. The lowest BCUT2D eigenvalue weighted by Crippen LogP contribution is -2.36. The molecule has 4 N–H and O–H groups in total. The van der Waals surface area contributed by atoms with Crippen LogP contribution >= 0.6 is 11.3 Å². The monoisotopic (exact) mass is 299 g/mol. The van der Waals surface area contributed by atoms with Crippen molar-refractivity contribution in [3.63, 3.8) is 0 Å². The minimum absolute atomic E-state index is 0.181. The zero-order chi connectivity index (χ0) is 15.1. The molecule has 1 aromatic heterocycles. The van der Waals surface area contributed by atoms with Crippen LogP contribution in [0.1, 0.15) is 22.2 Å². The molecule has 110 valence electrons. The maximum absolute atomic E-state index is 11.7. The first-order valence-corrected chi connectivity index (χ1v) is 6.83. The molecular formula is C12H17N3O4S. The number of thiophene rings is 1. The third-order valence-corrected chi connectivity index (χ3v) is 3.20. The molecule has 0 aliphatic heterocycles. The van der Waals surface area contributed by atoms with Gasteiger partial charge in [-0.05, 0) is 19.9 Å². The Bertz CT molecular complexity index is 513. The van der Waals surface area contributed by atoms with E-state index in [1.54, 1.807) is 13.0 Å². The average Bonchev–Trinajstić information content (AvgIpc) is 2.77. The number of carbonyl (C=O) groups is 3. The standard InChI is InChI=1S/C12H17N3O4S/c1-3-19-12(18)8-4-7(2)20-11(8)15-10(17)6-14-9(16)5-13/h4H,3,5-6,13H2,1-2H3,(H,14,16)(H,15,17). The van der Waals surface area contributed by atoms with Crippen molar-refractivity contribution in [2.24, 2.45) is 5.73 Å². The minimum Gasteiger partial charge on any atom is -0.462 e. The van der Waals surface area contributed by atoms with Crippen LogP contribution in [0.3, 0.4) is 0 Å². The van der Waals surface area contributed by atoms with E-state index < -0.39 is 17.8 Å². The fourth-order valence-corrected chi connectivity index (χ4v) is 2.31. The molecule has 1 heterocycles. The third kappa shape index (κ3) is 4.63. The fraction of sp³-hybridized carbons (Fsp3) is 0.417. The molecule has 0 saturated heterocycles. The van der Waals surface area contributed by atoms with E-state index in [2.05, 4.69) is 10.6 Å². The van der Waals surface area contributed by atoms with Crippen LogP contribution in [-0.4, -0.2) is 37.5 Å². The maximum atomic E-state index is 11.7. The summed E-state index contributed by atoms with van der Waals surface area (Å²) in [6.07, 6.45) is 0. The lowest BCUT2D eigenvalue weighted by atomic mass is 10.3. The van der Waals surface area contributed by atoms with Crippen LogP contribution in [0, 0.1) is 6.92 Å². The van der Waals surface area contributed by atoms with E-state index in [0.717, 1.165) is 4.88 Å². The van der Waals surface area contributed by atoms with Crippen molar-refractivity contribution < 1.29 is 19.1 Å². The largest absolute Gasteiger partial charge is 0.462 e. The van der Waals surface area contributed by atoms with E-state index in [1.807, 2.05) is 6.92 Å². The summed E-state index contributed by atoms with van der Waals surface area (Å²) < 4.78 is 4.91. The van der Waals surface area contributed by atoms with Crippen LogP contribution in [0.4, 0.5) is 5.00 Å². The number of hydrogen-bond acceptors (Lipinski definition) is 6. The summed E-state index contributed by atoms with van der Waals surface area (Å²) in [6.45, 7) is 3.40. The first-order valence-electron chi connectivity index (χ1n) is 6.02. The first kappa shape index (κ1) is 16.1. The fourth-order valence-electron chi connectivity index (χ4n) is 1.39. The number of nitrogens with two attached hydrogens (primary N) is 1. The molecule has 8 heteroatoms. The molecule has 0 aliphatic rings. The molecule has 20 heavy (non-hydrogen) atoms. The number of rotatable bonds is 6. The highest BCUT2D eigenvalue weighted by Crippen LogP contribution is 2.28. The Morgan fingerprint density at radius 1 is 1.35 bits per heavy atom. The van der Waals surface area contributed by atoms with Gasteiger partial charge in [0.05, 0.1) is 25.3 Å². The first-order chi connectivity index (χ1) is 9.47. The van der Waals surface area contributed by atoms with Gasteiger partial charge in [-0.2, -0.15) is 0 Å². The van der Waals surface area contributed by atoms with Crippen LogP contribution in [0.5, 0.6) is 0 Å². The van der Waals surface area contributed by atoms with Gasteiger partial charge in [-0.1, -0.05) is 0 Å². The number of carbonyl (C=O) groups excluding carboxylic acids is 3. The summed E-state index contributed by atoms with van der Waals surface area (Å²) in [6, 6.07) is 1.65. The Balaban J connectivity index is 2.69. The molecule has 0 fully saturated rings. The predicted molar refractivity (Wildman–Crippen MR) is 75.7 cm³/mol. The number of hydrogen-bond donors (Lipinski definition) is 3. The van der Waals surface area contributed by atoms with Crippen molar-refractivity contribution in [2.75, 3.05) is 25.0 Å². The van der Waals surface area contributed by atoms with E-state index in [4.69, 9.17) is 10.5 Å². The number of amides is 2. The second kappa shape index (κ2) is 7.61. The van der Waals surface area contributed by atoms with Gasteiger partial charge < -0.3 is 21.1 Å². The molecule has 0 radical (unpaired) electrons. The molecule has 0 saturated carbocycles. The van der Waals surface area contributed by atoms with Gasteiger partial charge in [0.25, 0.3) is 0 Å². The minimum atomic E-state index is -0.488. The van der Waals surface area contributed by atoms with Crippen molar-refractivity contribution >= 4 is 34.1 Å². The van der Waals surface area contributed by atoms with Crippen molar-refractivity contribution in [1.82, 2.24) is 5.32 Å². The Labute approximate surface area is 120 Å². The molecule has 7 nitrogen and oxygen atoms in total. The second-order valence-corrected chi connectivity index (χ2v) is 5.11. The second-order valence-electron chi connectivity index (χ2n) is 3.85. The molecule has 1 rings (SSSR count). The summed E-state index contributed by atoms with van der Waals surface area (Å²) in [5.74, 6) is -1.34. The normalized spacial score (nSPS) is 9.95. The number of esters is 1. The highest BCUT2D eigenvalue weighted by molar-refractivity contribution is 7.16. The highest BCUT2D eigenvalue weighted by atomic mass is 32.1. The van der Waals surface area contributed by atoms with Gasteiger partial charge in [0.1, 0.15) is 5.00 Å². The molecule has 0 spiro atoms. The SMILES string of the molecule is CCOC(=O)c1cc(C)sc1NC(=O)CNC(=O)CN. The summed E-state index contributed by atoms with van der Waals surface area (Å²) in [5, 5.41) is 5.33. The zero-order valence-corrected chi connectivity index (χ0v) is 12.1. The van der Waals surface area contributed by atoms with Crippen molar-refractivity contribution in [3.8, 4) is 0 Å². The summed E-state index contributed by atoms with van der Waals surface area (Å²) in [7, 11) is 0. The van der Waals surface area contributed by atoms with E-state index in [1.165, 1.54) is 11.3 Å². The average molecular weight is 299 g/mol. The molecule has 0 bridgehead atoms. The molecular weight excluding hydrogens is 282 g/mol. The summed E-state index contributed by atoms with van der Waals surface area (Å²) in [4.78, 5) is 35.2. The van der Waals surface area contributed by atoms with Crippen molar-refractivity contribution in [2.45, 2.75) is 13.8 Å². The maximum Gasteiger partial charge on any atom is 0.341 e. The lowest BCUT2D eigenvalue weighted by molar-refractivity contribution is -0.123. The number of nitrogens with one attached hydrogen (secondary N) is 2. The van der Waals surface area contributed by atoms with Gasteiger partial charge in [0.15, 0.2) is 0 Å². The Morgan fingerprint density at radius 3 is 2.65 bits per heavy atom. The van der Waals surface area contributed by atoms with E-state index in [-0.39, 0.29) is 19.7 Å². The van der Waals surface area contributed by atoms with Gasteiger partial charge >= 0.3 is 5.97 Å². The van der Waals surface area contributed by atoms with Crippen LogP contribution in [0.2, 0.25) is 0 Å². The van der Waals surface area contributed by atoms with Gasteiger partial charge in [-0.25, -0.2) is 4.79 Å². The molecule has 2 amide bonds. The quantitative estimate of drug-likeness (QED) is 0.652. The zero-order valence-electron chi connectivity index (χ0n) is 11.3. The number of ether oxygens (including phenoxy) is 1. The molecule has 0 unspecified atom stereocenters. The molecule has 1 aromatic rings. The van der Waals surface area contributed by atoms with Crippen LogP contribution in [-0.2, 0) is 14.3 Å². The van der Waals surface area contributed by atoms with Gasteiger partial charge in [0.2, 0.25) is 11.8 Å². The van der Waals surface area contributed by atoms with E-state index >= 15 is 0 Å². The smallest absolute Gasteiger partial charge is 0.341 e. The van der Waals surface area contributed by atoms with Crippen LogP contribution in [0.15, 0.2) is 6.07 Å². The van der Waals surface area contributed by atoms with Gasteiger partial charge in [-0.3, -0.25) is 9.59 Å². The lowest BCUT2D eigenvalue weighted by Gasteiger charge is -2.06. The molecule has 0 aliphatic carbocycles. The van der Waals surface area contributed by atoms with Gasteiger partial charge in [0, 0.05) is 4.88 Å². The summed E-state index contributed by atoms with van der Waals surface area (Å²) >= 11 is 1.27. The van der Waals surface area contributed by atoms with E-state index in [9.17, 15) is 14.4 Å². The summed E-state index contributed by atoms with van der Waals surface area (Å²) in [5.41, 5.74) is 5.42. The third-order valence-electron chi connectivity index (χ3n) is 2.24. The molecule has 0 atom stereocenters. The Hall–Kier alpha value is -1.93. The van der Waals surface area contributed by atoms with E-state index in [0.29, 0.717) is 10.6 Å². The predicted octanol–water partition coefficient (Wildman–Crippen LogP) is 0.247. The van der Waals surface area contributed by atoms with Crippen LogP contribution < -0.4 is 16.4 Å². The van der Waals surface area contributed by atoms with Crippen molar-refractivity contribution in [3.05, 3.63) is 16.5 Å². The van der Waals surface area contributed by atoms with Crippen LogP contribution in [0.25, 0.3) is 0 Å². The molecule has 0 aromatic carbocycles. The van der Waals surface area contributed by atoms with Gasteiger partial charge in [-0.15, -0.1) is 11.3 Å². The highest BCUT2D eigenvalue weighted by Gasteiger charge is 2.17. The van der Waals surface area contributed by atoms with Crippen molar-refractivity contribution in [1.29, 1.82) is 0 Å². The number of aryl methyl sites for hydroxylation is 1. The Morgan fingerprint density at radius 2 is 2.05 bits per heavy atom.